The molecule has 4 heteroatoms. The maximum Gasteiger partial charge on any atom is 0.354 e. The standard InChI is InChI=1S/C13H14N2O2/c1-9-3-5-11(6-4-9)10(2)15-8-14-7-12(15)13(16)17/h3-8,10H,1-2H3,(H,16,17). The summed E-state index contributed by atoms with van der Waals surface area (Å²) in [5.74, 6) is -0.957. The average molecular weight is 230 g/mol. The third-order valence-electron chi connectivity index (χ3n) is 2.86. The fraction of sp³-hybridized carbons (Fsp3) is 0.231. The van der Waals surface area contributed by atoms with Crippen LogP contribution in [0.1, 0.15) is 34.6 Å². The van der Waals surface area contributed by atoms with Gasteiger partial charge in [0.15, 0.2) is 0 Å². The Hall–Kier alpha value is -2.10. The number of hydrogen-bond donors (Lipinski definition) is 1. The summed E-state index contributed by atoms with van der Waals surface area (Å²) < 4.78 is 1.66. The lowest BCUT2D eigenvalue weighted by Crippen LogP contribution is -2.12. The first-order valence-corrected chi connectivity index (χ1v) is 5.41. The number of aryl methyl sites for hydroxylation is 1. The summed E-state index contributed by atoms with van der Waals surface area (Å²) in [7, 11) is 0. The SMILES string of the molecule is Cc1ccc(C(C)n2cncc2C(=O)O)cc1. The van der Waals surface area contributed by atoms with Crippen LogP contribution >= 0.6 is 0 Å². The van der Waals surface area contributed by atoms with Crippen molar-refractivity contribution in [2.24, 2.45) is 0 Å². The van der Waals surface area contributed by atoms with Gasteiger partial charge in [-0.1, -0.05) is 29.8 Å². The van der Waals surface area contributed by atoms with Crippen LogP contribution in [0.15, 0.2) is 36.8 Å². The summed E-state index contributed by atoms with van der Waals surface area (Å²) in [6.07, 6.45) is 2.92. The normalized spacial score (nSPS) is 12.4. The van der Waals surface area contributed by atoms with E-state index in [9.17, 15) is 4.79 Å². The summed E-state index contributed by atoms with van der Waals surface area (Å²) >= 11 is 0. The Morgan fingerprint density at radius 3 is 2.59 bits per heavy atom. The molecule has 0 spiro atoms. The van der Waals surface area contributed by atoms with Crippen LogP contribution in [-0.2, 0) is 0 Å². The van der Waals surface area contributed by atoms with E-state index in [1.165, 1.54) is 11.8 Å². The van der Waals surface area contributed by atoms with Gasteiger partial charge in [0.2, 0.25) is 0 Å². The van der Waals surface area contributed by atoms with Gasteiger partial charge in [-0.3, -0.25) is 0 Å². The Bertz CT molecular complexity index is 529. The quantitative estimate of drug-likeness (QED) is 0.881. The second-order valence-corrected chi connectivity index (χ2v) is 4.08. The molecular weight excluding hydrogens is 216 g/mol. The van der Waals surface area contributed by atoms with Crippen molar-refractivity contribution in [3.05, 3.63) is 53.6 Å². The highest BCUT2D eigenvalue weighted by molar-refractivity contribution is 5.85. The molecule has 1 aromatic carbocycles. The zero-order chi connectivity index (χ0) is 12.4. The van der Waals surface area contributed by atoms with Crippen molar-refractivity contribution in [3.63, 3.8) is 0 Å². The molecule has 88 valence electrons. The minimum atomic E-state index is -0.957. The van der Waals surface area contributed by atoms with Crippen LogP contribution in [0.25, 0.3) is 0 Å². The minimum absolute atomic E-state index is 0.0378. The molecule has 0 radical (unpaired) electrons. The van der Waals surface area contributed by atoms with E-state index < -0.39 is 5.97 Å². The Balaban J connectivity index is 2.36. The predicted molar refractivity (Wildman–Crippen MR) is 64.2 cm³/mol. The van der Waals surface area contributed by atoms with Crippen LogP contribution < -0.4 is 0 Å². The first-order chi connectivity index (χ1) is 8.09. The Morgan fingerprint density at radius 1 is 1.35 bits per heavy atom. The minimum Gasteiger partial charge on any atom is -0.477 e. The molecule has 0 saturated carbocycles. The van der Waals surface area contributed by atoms with Crippen LogP contribution in [0.3, 0.4) is 0 Å². The summed E-state index contributed by atoms with van der Waals surface area (Å²) in [5, 5.41) is 9.03. The van der Waals surface area contributed by atoms with Gasteiger partial charge in [-0.25, -0.2) is 9.78 Å². The van der Waals surface area contributed by atoms with Crippen molar-refractivity contribution in [2.75, 3.05) is 0 Å². The highest BCUT2D eigenvalue weighted by atomic mass is 16.4. The number of imidazole rings is 1. The lowest BCUT2D eigenvalue weighted by Gasteiger charge is -2.15. The van der Waals surface area contributed by atoms with Crippen LogP contribution in [0.4, 0.5) is 0 Å². The summed E-state index contributed by atoms with van der Waals surface area (Å²) in [5.41, 5.74) is 2.46. The zero-order valence-corrected chi connectivity index (χ0v) is 9.79. The maximum absolute atomic E-state index is 11.0. The molecule has 2 aromatic rings. The van der Waals surface area contributed by atoms with Crippen molar-refractivity contribution in [3.8, 4) is 0 Å². The number of aromatic carboxylic acids is 1. The summed E-state index contributed by atoms with van der Waals surface area (Å²) in [6, 6.07) is 8.01. The average Bonchev–Trinajstić information content (AvgIpc) is 2.78. The molecule has 0 aliphatic heterocycles. The van der Waals surface area contributed by atoms with E-state index in [1.807, 2.05) is 38.1 Å². The molecule has 4 nitrogen and oxygen atoms in total. The van der Waals surface area contributed by atoms with E-state index in [2.05, 4.69) is 4.98 Å². The van der Waals surface area contributed by atoms with Gasteiger partial charge in [-0.2, -0.15) is 0 Å². The van der Waals surface area contributed by atoms with Crippen LogP contribution in [0.5, 0.6) is 0 Å². The molecule has 0 amide bonds. The third kappa shape index (κ3) is 2.20. The number of carbonyl (C=O) groups is 1. The van der Waals surface area contributed by atoms with Gasteiger partial charge in [0.25, 0.3) is 0 Å². The number of nitrogens with zero attached hydrogens (tertiary/aromatic N) is 2. The fourth-order valence-electron chi connectivity index (χ4n) is 1.78. The molecule has 0 aliphatic carbocycles. The second-order valence-electron chi connectivity index (χ2n) is 4.08. The van der Waals surface area contributed by atoms with Crippen molar-refractivity contribution < 1.29 is 9.90 Å². The number of carboxylic acid groups (broad SMARTS) is 1. The summed E-state index contributed by atoms with van der Waals surface area (Å²) in [6.45, 7) is 3.98. The van der Waals surface area contributed by atoms with Gasteiger partial charge in [0.05, 0.1) is 18.6 Å². The lowest BCUT2D eigenvalue weighted by molar-refractivity contribution is 0.0684. The molecule has 2 rings (SSSR count). The monoisotopic (exact) mass is 230 g/mol. The molecule has 1 aromatic heterocycles. The van der Waals surface area contributed by atoms with Gasteiger partial charge in [0, 0.05) is 0 Å². The lowest BCUT2D eigenvalue weighted by atomic mass is 10.1. The van der Waals surface area contributed by atoms with Crippen molar-refractivity contribution >= 4 is 5.97 Å². The van der Waals surface area contributed by atoms with Gasteiger partial charge in [0.1, 0.15) is 5.69 Å². The van der Waals surface area contributed by atoms with E-state index in [0.717, 1.165) is 5.56 Å². The maximum atomic E-state index is 11.0. The highest BCUT2D eigenvalue weighted by Crippen LogP contribution is 2.20. The summed E-state index contributed by atoms with van der Waals surface area (Å²) in [4.78, 5) is 14.9. The Kier molecular flexibility index (Phi) is 2.95. The number of rotatable bonds is 3. The van der Waals surface area contributed by atoms with Crippen LogP contribution in [0.2, 0.25) is 0 Å². The van der Waals surface area contributed by atoms with Crippen LogP contribution in [-0.4, -0.2) is 20.6 Å². The molecule has 1 unspecified atom stereocenters. The third-order valence-corrected chi connectivity index (χ3v) is 2.86. The topological polar surface area (TPSA) is 55.1 Å². The van der Waals surface area contributed by atoms with Gasteiger partial charge >= 0.3 is 5.97 Å². The zero-order valence-electron chi connectivity index (χ0n) is 9.79. The predicted octanol–water partition coefficient (Wildman–Crippen LogP) is 2.50. The van der Waals surface area contributed by atoms with Crippen molar-refractivity contribution in [1.29, 1.82) is 0 Å². The smallest absolute Gasteiger partial charge is 0.354 e. The number of aromatic nitrogens is 2. The number of carboxylic acids is 1. The Labute approximate surface area is 99.5 Å². The van der Waals surface area contributed by atoms with Crippen LogP contribution in [0, 0.1) is 6.92 Å². The Morgan fingerprint density at radius 2 is 2.00 bits per heavy atom. The van der Waals surface area contributed by atoms with Gasteiger partial charge in [-0.05, 0) is 19.4 Å². The molecule has 1 heterocycles. The van der Waals surface area contributed by atoms with Gasteiger partial charge < -0.3 is 9.67 Å². The fourth-order valence-corrected chi connectivity index (χ4v) is 1.78. The molecule has 0 bridgehead atoms. The molecule has 17 heavy (non-hydrogen) atoms. The highest BCUT2D eigenvalue weighted by Gasteiger charge is 2.15. The first kappa shape index (κ1) is 11.4. The van der Waals surface area contributed by atoms with Crippen molar-refractivity contribution in [1.82, 2.24) is 9.55 Å². The molecule has 1 atom stereocenters. The number of hydrogen-bond acceptors (Lipinski definition) is 2. The number of benzene rings is 1. The molecule has 1 N–H and O–H groups in total. The van der Waals surface area contributed by atoms with E-state index in [0.29, 0.717) is 0 Å². The van der Waals surface area contributed by atoms with E-state index in [1.54, 1.807) is 10.9 Å². The molecule has 0 fully saturated rings. The molecule has 0 saturated heterocycles. The largest absolute Gasteiger partial charge is 0.477 e. The van der Waals surface area contributed by atoms with E-state index >= 15 is 0 Å². The van der Waals surface area contributed by atoms with E-state index in [-0.39, 0.29) is 11.7 Å². The molecule has 0 aliphatic rings. The molecular formula is C13H14N2O2. The second kappa shape index (κ2) is 4.41. The van der Waals surface area contributed by atoms with E-state index in [4.69, 9.17) is 5.11 Å². The first-order valence-electron chi connectivity index (χ1n) is 5.41. The van der Waals surface area contributed by atoms with Crippen molar-refractivity contribution in [2.45, 2.75) is 19.9 Å². The van der Waals surface area contributed by atoms with Gasteiger partial charge in [-0.15, -0.1) is 0 Å².